The molecule has 2 aromatic heterocycles. The van der Waals surface area contributed by atoms with E-state index in [-0.39, 0.29) is 16.8 Å². The van der Waals surface area contributed by atoms with Gasteiger partial charge >= 0.3 is 5.35 Å². The van der Waals surface area contributed by atoms with Crippen molar-refractivity contribution in [3.63, 3.8) is 0 Å². The Labute approximate surface area is 76.6 Å². The molecule has 0 aromatic carbocycles. The maximum Gasteiger partial charge on any atom is 0.313 e. The zero-order chi connectivity index (χ0) is 9.26. The molecule has 2 aromatic rings. The van der Waals surface area contributed by atoms with Gasteiger partial charge in [0.1, 0.15) is 5.69 Å². The third-order valence-electron chi connectivity index (χ3n) is 1.30. The third-order valence-corrected chi connectivity index (χ3v) is 1.45. The lowest BCUT2D eigenvalue weighted by Crippen LogP contribution is -2.05. The van der Waals surface area contributed by atoms with Crippen LogP contribution < -0.4 is 5.56 Å². The molecule has 0 spiro atoms. The van der Waals surface area contributed by atoms with Crippen molar-refractivity contribution in [3.8, 4) is 11.6 Å². The lowest BCUT2D eigenvalue weighted by Gasteiger charge is -1.89. The predicted octanol–water partition coefficient (Wildman–Crippen LogP) is 0.473. The largest absolute Gasteiger partial charge is 0.406 e. The number of rotatable bonds is 1. The Morgan fingerprint density at radius 1 is 1.38 bits per heavy atom. The molecule has 66 valence electrons. The van der Waals surface area contributed by atoms with E-state index < -0.39 is 0 Å². The SMILES string of the molecule is O=c1ccc(-c2nnc(Cl)o2)n[nH]1. The average molecular weight is 199 g/mol. The molecule has 7 heteroatoms. The first-order chi connectivity index (χ1) is 6.25. The Bertz CT molecular complexity index is 457. The molecule has 2 rings (SSSR count). The summed E-state index contributed by atoms with van der Waals surface area (Å²) >= 11 is 5.40. The second kappa shape index (κ2) is 2.98. The Kier molecular flexibility index (Phi) is 1.82. The number of halogens is 1. The Morgan fingerprint density at radius 3 is 2.77 bits per heavy atom. The third kappa shape index (κ3) is 1.57. The van der Waals surface area contributed by atoms with Crippen LogP contribution >= 0.6 is 11.6 Å². The molecule has 0 bridgehead atoms. The summed E-state index contributed by atoms with van der Waals surface area (Å²) < 4.78 is 4.87. The van der Waals surface area contributed by atoms with E-state index in [1.165, 1.54) is 12.1 Å². The van der Waals surface area contributed by atoms with Crippen LogP contribution in [0.1, 0.15) is 0 Å². The fourth-order valence-electron chi connectivity index (χ4n) is 0.772. The van der Waals surface area contributed by atoms with Gasteiger partial charge in [-0.1, -0.05) is 5.10 Å². The summed E-state index contributed by atoms with van der Waals surface area (Å²) in [5, 5.41) is 12.8. The van der Waals surface area contributed by atoms with Crippen LogP contribution in [0.2, 0.25) is 5.35 Å². The average Bonchev–Trinajstić information content (AvgIpc) is 2.53. The van der Waals surface area contributed by atoms with Gasteiger partial charge in [0.15, 0.2) is 0 Å². The summed E-state index contributed by atoms with van der Waals surface area (Å²) in [6.45, 7) is 0. The second-order valence-electron chi connectivity index (χ2n) is 2.17. The summed E-state index contributed by atoms with van der Waals surface area (Å²) in [4.78, 5) is 10.6. The van der Waals surface area contributed by atoms with E-state index in [2.05, 4.69) is 20.4 Å². The minimum atomic E-state index is -0.297. The van der Waals surface area contributed by atoms with Crippen molar-refractivity contribution in [1.82, 2.24) is 20.4 Å². The fraction of sp³-hybridized carbons (Fsp3) is 0. The van der Waals surface area contributed by atoms with Crippen LogP contribution in [0.5, 0.6) is 0 Å². The highest BCUT2D eigenvalue weighted by molar-refractivity contribution is 6.27. The molecule has 0 aliphatic heterocycles. The smallest absolute Gasteiger partial charge is 0.313 e. The van der Waals surface area contributed by atoms with E-state index in [9.17, 15) is 4.79 Å². The molecular formula is C6H3ClN4O2. The highest BCUT2D eigenvalue weighted by atomic mass is 35.5. The highest BCUT2D eigenvalue weighted by Crippen LogP contribution is 2.15. The highest BCUT2D eigenvalue weighted by Gasteiger charge is 2.07. The van der Waals surface area contributed by atoms with Gasteiger partial charge in [0.05, 0.1) is 0 Å². The number of hydrogen-bond acceptors (Lipinski definition) is 5. The van der Waals surface area contributed by atoms with E-state index in [4.69, 9.17) is 16.0 Å². The van der Waals surface area contributed by atoms with Crippen LogP contribution in [0.25, 0.3) is 11.6 Å². The first-order valence-corrected chi connectivity index (χ1v) is 3.68. The van der Waals surface area contributed by atoms with Crippen molar-refractivity contribution in [2.24, 2.45) is 0 Å². The van der Waals surface area contributed by atoms with Crippen LogP contribution in [0.4, 0.5) is 0 Å². The summed E-state index contributed by atoms with van der Waals surface area (Å²) in [5.74, 6) is 0.168. The van der Waals surface area contributed by atoms with Gasteiger partial charge in [0.25, 0.3) is 11.4 Å². The fourth-order valence-corrected chi connectivity index (χ4v) is 0.883. The van der Waals surface area contributed by atoms with Crippen LogP contribution in [-0.4, -0.2) is 20.4 Å². The molecule has 2 heterocycles. The van der Waals surface area contributed by atoms with Crippen LogP contribution in [0.15, 0.2) is 21.3 Å². The van der Waals surface area contributed by atoms with Gasteiger partial charge in [0, 0.05) is 6.07 Å². The number of aromatic amines is 1. The molecule has 0 saturated heterocycles. The standard InChI is InChI=1S/C6H3ClN4O2/c7-6-11-10-5(13-6)3-1-2-4(12)9-8-3/h1-2H,(H,9,12). The monoisotopic (exact) mass is 198 g/mol. The van der Waals surface area contributed by atoms with Crippen molar-refractivity contribution in [2.75, 3.05) is 0 Å². The minimum absolute atomic E-state index is 0.0667. The van der Waals surface area contributed by atoms with E-state index in [1.807, 2.05) is 0 Å². The Hall–Kier alpha value is -1.69. The van der Waals surface area contributed by atoms with Crippen molar-refractivity contribution in [1.29, 1.82) is 0 Å². The molecule has 0 radical (unpaired) electrons. The van der Waals surface area contributed by atoms with Crippen molar-refractivity contribution in [2.45, 2.75) is 0 Å². The van der Waals surface area contributed by atoms with E-state index >= 15 is 0 Å². The van der Waals surface area contributed by atoms with Gasteiger partial charge in [0.2, 0.25) is 0 Å². The summed E-state index contributed by atoms with van der Waals surface area (Å²) in [7, 11) is 0. The molecule has 1 N–H and O–H groups in total. The summed E-state index contributed by atoms with van der Waals surface area (Å²) in [6.07, 6.45) is 0. The van der Waals surface area contributed by atoms with Crippen molar-refractivity contribution in [3.05, 3.63) is 27.8 Å². The van der Waals surface area contributed by atoms with E-state index in [0.717, 1.165) is 0 Å². The van der Waals surface area contributed by atoms with Crippen LogP contribution in [-0.2, 0) is 0 Å². The maximum atomic E-state index is 10.6. The minimum Gasteiger partial charge on any atom is -0.406 e. The lowest BCUT2D eigenvalue weighted by atomic mass is 10.4. The van der Waals surface area contributed by atoms with E-state index in [1.54, 1.807) is 0 Å². The quantitative estimate of drug-likeness (QED) is 0.720. The molecule has 0 aliphatic carbocycles. The summed E-state index contributed by atoms with van der Waals surface area (Å²) in [6, 6.07) is 2.77. The molecule has 0 aliphatic rings. The Morgan fingerprint density at radius 2 is 2.23 bits per heavy atom. The number of nitrogens with zero attached hydrogens (tertiary/aromatic N) is 3. The zero-order valence-electron chi connectivity index (χ0n) is 6.19. The maximum absolute atomic E-state index is 10.6. The normalized spacial score (nSPS) is 10.2. The Balaban J connectivity index is 2.47. The van der Waals surface area contributed by atoms with Gasteiger partial charge < -0.3 is 4.42 Å². The number of nitrogens with one attached hydrogen (secondary N) is 1. The predicted molar refractivity (Wildman–Crippen MR) is 43.2 cm³/mol. The number of aromatic nitrogens is 4. The van der Waals surface area contributed by atoms with Gasteiger partial charge in [-0.3, -0.25) is 4.79 Å². The van der Waals surface area contributed by atoms with Crippen molar-refractivity contribution >= 4 is 11.6 Å². The second-order valence-corrected chi connectivity index (χ2v) is 2.49. The summed E-state index contributed by atoms with van der Waals surface area (Å²) in [5.41, 5.74) is 0.0772. The number of hydrogen-bond donors (Lipinski definition) is 1. The molecule has 0 fully saturated rings. The molecule has 0 saturated carbocycles. The molecule has 0 amide bonds. The van der Waals surface area contributed by atoms with Gasteiger partial charge in [-0.15, -0.1) is 5.10 Å². The van der Waals surface area contributed by atoms with Crippen LogP contribution in [0.3, 0.4) is 0 Å². The van der Waals surface area contributed by atoms with Gasteiger partial charge in [-0.05, 0) is 17.7 Å². The topological polar surface area (TPSA) is 84.7 Å². The van der Waals surface area contributed by atoms with Gasteiger partial charge in [-0.25, -0.2) is 5.10 Å². The van der Waals surface area contributed by atoms with Crippen molar-refractivity contribution < 1.29 is 4.42 Å². The first kappa shape index (κ1) is 7.93. The number of H-pyrrole nitrogens is 1. The molecule has 13 heavy (non-hydrogen) atoms. The lowest BCUT2D eigenvalue weighted by molar-refractivity contribution is 0.567. The molecule has 0 unspecified atom stereocenters. The van der Waals surface area contributed by atoms with E-state index in [0.29, 0.717) is 5.69 Å². The zero-order valence-corrected chi connectivity index (χ0v) is 6.95. The van der Waals surface area contributed by atoms with Gasteiger partial charge in [-0.2, -0.15) is 5.10 Å². The first-order valence-electron chi connectivity index (χ1n) is 3.31. The molecule has 0 atom stereocenters. The molecule has 6 nitrogen and oxygen atoms in total. The molecular weight excluding hydrogens is 196 g/mol. The van der Waals surface area contributed by atoms with Crippen LogP contribution in [0, 0.1) is 0 Å².